The monoisotopic (exact) mass is 486 g/mol. The van der Waals surface area contributed by atoms with E-state index in [1.54, 1.807) is 48.5 Å². The lowest BCUT2D eigenvalue weighted by molar-refractivity contribution is 0.0680. The van der Waals surface area contributed by atoms with E-state index in [2.05, 4.69) is 47.6 Å². The van der Waals surface area contributed by atoms with Crippen molar-refractivity contribution in [2.75, 3.05) is 0 Å². The van der Waals surface area contributed by atoms with E-state index in [1.165, 1.54) is 0 Å². The van der Waals surface area contributed by atoms with Crippen LogP contribution >= 0.6 is 0 Å². The van der Waals surface area contributed by atoms with Crippen LogP contribution in [-0.2, 0) is 11.8 Å². The largest absolute Gasteiger partial charge is 0.419 e. The van der Waals surface area contributed by atoms with Gasteiger partial charge in [0.1, 0.15) is 0 Å². The van der Waals surface area contributed by atoms with Crippen molar-refractivity contribution in [3.05, 3.63) is 95.1 Å². The fourth-order valence-corrected chi connectivity index (χ4v) is 4.68. The molecule has 4 heteroatoms. The molecule has 0 aliphatic heterocycles. The molecule has 0 atom stereocenters. The molecule has 4 nitrogen and oxygen atoms in total. The summed E-state index contributed by atoms with van der Waals surface area (Å²) in [5, 5.41) is 0. The molecule has 3 rings (SSSR count). The molecule has 3 aromatic carbocycles. The predicted molar refractivity (Wildman–Crippen MR) is 145 cm³/mol. The number of esters is 2. The lowest BCUT2D eigenvalue weighted by atomic mass is 9.72. The van der Waals surface area contributed by atoms with Crippen LogP contribution in [0.3, 0.4) is 0 Å². The Balaban J connectivity index is 2.12. The third-order valence-electron chi connectivity index (χ3n) is 6.10. The molecule has 3 aromatic rings. The molecule has 0 aromatic heterocycles. The number of rotatable bonds is 9. The van der Waals surface area contributed by atoms with Crippen molar-refractivity contribution in [2.24, 2.45) is 5.41 Å². The van der Waals surface area contributed by atoms with Crippen LogP contribution in [0.2, 0.25) is 0 Å². The van der Waals surface area contributed by atoms with Crippen molar-refractivity contribution < 1.29 is 19.1 Å². The van der Waals surface area contributed by atoms with Crippen LogP contribution in [0.4, 0.5) is 0 Å². The lowest BCUT2D eigenvalue weighted by Gasteiger charge is -2.34. The average molecular weight is 487 g/mol. The molecule has 0 fully saturated rings. The van der Waals surface area contributed by atoms with Gasteiger partial charge in [-0.15, -0.1) is 0 Å². The Morgan fingerprint density at radius 1 is 0.750 bits per heavy atom. The Bertz CT molecular complexity index is 1170. The minimum Gasteiger partial charge on any atom is -0.419 e. The van der Waals surface area contributed by atoms with Gasteiger partial charge in [0.25, 0.3) is 0 Å². The molecule has 0 spiro atoms. The summed E-state index contributed by atoms with van der Waals surface area (Å²) in [5.74, 6) is -0.373. The summed E-state index contributed by atoms with van der Waals surface area (Å²) in [5.41, 5.74) is 2.72. The van der Waals surface area contributed by atoms with Gasteiger partial charge in [-0.2, -0.15) is 0 Å². The van der Waals surface area contributed by atoms with Crippen LogP contribution in [0.1, 0.15) is 92.6 Å². The number of carbonyl (C=O) groups is 2. The molecular formula is C32H38O4. The average Bonchev–Trinajstić information content (AvgIpc) is 2.83. The van der Waals surface area contributed by atoms with Gasteiger partial charge >= 0.3 is 11.9 Å². The van der Waals surface area contributed by atoms with Gasteiger partial charge in [0.15, 0.2) is 11.5 Å². The summed E-state index contributed by atoms with van der Waals surface area (Å²) in [7, 11) is 0. The zero-order valence-electron chi connectivity index (χ0n) is 22.4. The number of aryl methyl sites for hydroxylation is 1. The lowest BCUT2D eigenvalue weighted by Crippen LogP contribution is -2.25. The summed E-state index contributed by atoms with van der Waals surface area (Å²) >= 11 is 0. The number of hydrogen-bond acceptors (Lipinski definition) is 4. The first-order valence-corrected chi connectivity index (χ1v) is 12.7. The van der Waals surface area contributed by atoms with Gasteiger partial charge in [-0.3, -0.25) is 0 Å². The van der Waals surface area contributed by atoms with Crippen molar-refractivity contribution in [1.82, 2.24) is 0 Å². The number of benzene rings is 3. The fraction of sp³-hybridized carbons (Fsp3) is 0.375. The van der Waals surface area contributed by atoms with E-state index in [1.807, 2.05) is 18.2 Å². The predicted octanol–water partition coefficient (Wildman–Crippen LogP) is 8.18. The third-order valence-corrected chi connectivity index (χ3v) is 6.10. The first-order valence-electron chi connectivity index (χ1n) is 12.7. The zero-order chi connectivity index (χ0) is 26.3. The van der Waals surface area contributed by atoms with E-state index in [4.69, 9.17) is 9.47 Å². The second-order valence-corrected chi connectivity index (χ2v) is 11.2. The van der Waals surface area contributed by atoms with Crippen molar-refractivity contribution in [3.63, 3.8) is 0 Å². The van der Waals surface area contributed by atoms with E-state index in [-0.39, 0.29) is 16.6 Å². The van der Waals surface area contributed by atoms with Gasteiger partial charge in [0, 0.05) is 0 Å². The maximum absolute atomic E-state index is 13.1. The number of hydrogen-bond donors (Lipinski definition) is 0. The summed E-state index contributed by atoms with van der Waals surface area (Å²) in [4.78, 5) is 26.1. The maximum atomic E-state index is 13.1. The normalized spacial score (nSPS) is 11.7. The molecular weight excluding hydrogens is 448 g/mol. The van der Waals surface area contributed by atoms with Gasteiger partial charge in [0.2, 0.25) is 0 Å². The molecule has 0 unspecified atom stereocenters. The number of ether oxygens (including phenoxy) is 2. The van der Waals surface area contributed by atoms with Crippen molar-refractivity contribution >= 4 is 11.9 Å². The van der Waals surface area contributed by atoms with Gasteiger partial charge < -0.3 is 9.47 Å². The van der Waals surface area contributed by atoms with Crippen LogP contribution in [0.25, 0.3) is 0 Å². The Kier molecular flexibility index (Phi) is 8.73. The first kappa shape index (κ1) is 27.2. The minimum absolute atomic E-state index is 0.104. The number of carbonyl (C=O) groups excluding carboxylic acids is 2. The van der Waals surface area contributed by atoms with Gasteiger partial charge in [0.05, 0.1) is 11.1 Å². The molecule has 0 aliphatic carbocycles. The van der Waals surface area contributed by atoms with Crippen LogP contribution in [0, 0.1) is 5.41 Å². The van der Waals surface area contributed by atoms with Crippen LogP contribution in [0.5, 0.6) is 11.5 Å². The Morgan fingerprint density at radius 3 is 1.78 bits per heavy atom. The van der Waals surface area contributed by atoms with Gasteiger partial charge in [-0.25, -0.2) is 9.59 Å². The molecule has 0 bridgehead atoms. The summed E-state index contributed by atoms with van der Waals surface area (Å²) in [6.45, 7) is 13.2. The topological polar surface area (TPSA) is 52.6 Å². The Labute approximate surface area is 215 Å². The maximum Gasteiger partial charge on any atom is 0.343 e. The van der Waals surface area contributed by atoms with Crippen molar-refractivity contribution in [2.45, 2.75) is 72.6 Å². The molecule has 36 heavy (non-hydrogen) atoms. The van der Waals surface area contributed by atoms with E-state index in [9.17, 15) is 9.59 Å². The van der Waals surface area contributed by atoms with Crippen LogP contribution < -0.4 is 9.47 Å². The SMILES string of the molecule is CCCCc1cc(C(C)(C)CC(C)(C)C)cc(OC(=O)c2ccccc2)c1OC(=O)c1ccccc1. The van der Waals surface area contributed by atoms with E-state index >= 15 is 0 Å². The van der Waals surface area contributed by atoms with Crippen LogP contribution in [0.15, 0.2) is 72.8 Å². The highest BCUT2D eigenvalue weighted by molar-refractivity contribution is 5.93. The van der Waals surface area contributed by atoms with Crippen molar-refractivity contribution in [1.29, 1.82) is 0 Å². The second kappa shape index (κ2) is 11.6. The Hall–Kier alpha value is -3.40. The standard InChI is InChI=1S/C32H38O4/c1-7-8-15-25-20-26(32(5,6)22-31(2,3)4)21-27(35-29(33)23-16-11-9-12-17-23)28(25)36-30(34)24-18-13-10-14-19-24/h9-14,16-21H,7-8,15,22H2,1-6H3. The Morgan fingerprint density at radius 2 is 1.28 bits per heavy atom. The molecule has 0 aliphatic rings. The molecule has 190 valence electrons. The van der Waals surface area contributed by atoms with E-state index < -0.39 is 11.9 Å². The molecule has 0 radical (unpaired) electrons. The molecule has 0 saturated carbocycles. The fourth-order valence-electron chi connectivity index (χ4n) is 4.68. The molecule has 0 amide bonds. The zero-order valence-corrected chi connectivity index (χ0v) is 22.4. The van der Waals surface area contributed by atoms with E-state index in [0.29, 0.717) is 23.3 Å². The highest BCUT2D eigenvalue weighted by atomic mass is 16.6. The first-order chi connectivity index (χ1) is 17.0. The van der Waals surface area contributed by atoms with Crippen molar-refractivity contribution in [3.8, 4) is 11.5 Å². The third kappa shape index (κ3) is 7.30. The smallest absolute Gasteiger partial charge is 0.343 e. The molecule has 0 N–H and O–H groups in total. The van der Waals surface area contributed by atoms with E-state index in [0.717, 1.165) is 30.4 Å². The summed E-state index contributed by atoms with van der Waals surface area (Å²) in [6, 6.07) is 21.7. The minimum atomic E-state index is -0.486. The molecule has 0 saturated heterocycles. The molecule has 0 heterocycles. The quantitative estimate of drug-likeness (QED) is 0.226. The highest BCUT2D eigenvalue weighted by Crippen LogP contribution is 2.42. The second-order valence-electron chi connectivity index (χ2n) is 11.2. The summed E-state index contributed by atoms with van der Waals surface area (Å²) < 4.78 is 11.9. The summed E-state index contributed by atoms with van der Waals surface area (Å²) in [6.07, 6.45) is 3.55. The number of unbranched alkanes of at least 4 members (excludes halogenated alkanes) is 1. The highest BCUT2D eigenvalue weighted by Gasteiger charge is 2.30. The van der Waals surface area contributed by atoms with Gasteiger partial charge in [-0.05, 0) is 71.6 Å². The van der Waals surface area contributed by atoms with Gasteiger partial charge in [-0.1, -0.05) is 90.4 Å². The van der Waals surface area contributed by atoms with Crippen LogP contribution in [-0.4, -0.2) is 11.9 Å².